The minimum absolute atomic E-state index is 0.0424. The van der Waals surface area contributed by atoms with E-state index in [9.17, 15) is 28.1 Å². The Hall–Kier alpha value is -3.10. The molecular weight excluding hydrogens is 327 g/mol. The summed E-state index contributed by atoms with van der Waals surface area (Å²) in [6.07, 6.45) is -4.62. The van der Waals surface area contributed by atoms with Crippen LogP contribution in [0.25, 0.3) is 0 Å². The molecule has 0 fully saturated rings. The van der Waals surface area contributed by atoms with Crippen molar-refractivity contribution in [2.24, 2.45) is 5.73 Å². The molecule has 2 aromatic carbocycles. The zero-order valence-electron chi connectivity index (χ0n) is 12.1. The Morgan fingerprint density at radius 2 is 1.79 bits per heavy atom. The van der Waals surface area contributed by atoms with E-state index >= 15 is 0 Å². The van der Waals surface area contributed by atoms with Gasteiger partial charge in [0.1, 0.15) is 5.69 Å². The number of primary amides is 1. The van der Waals surface area contributed by atoms with Gasteiger partial charge in [-0.05, 0) is 29.8 Å². The second-order valence-corrected chi connectivity index (χ2v) is 4.95. The fourth-order valence-corrected chi connectivity index (χ4v) is 2.03. The second kappa shape index (κ2) is 6.57. The fourth-order valence-electron chi connectivity index (χ4n) is 2.03. The van der Waals surface area contributed by atoms with E-state index in [2.05, 4.69) is 5.32 Å². The molecule has 0 aromatic heterocycles. The number of anilines is 2. The second-order valence-electron chi connectivity index (χ2n) is 4.95. The number of nitro benzene ring substituents is 1. The highest BCUT2D eigenvalue weighted by Crippen LogP contribution is 2.36. The molecule has 6 nitrogen and oxygen atoms in total. The first-order valence-corrected chi connectivity index (χ1v) is 6.67. The predicted molar refractivity (Wildman–Crippen MR) is 80.7 cm³/mol. The first kappa shape index (κ1) is 17.3. The van der Waals surface area contributed by atoms with Gasteiger partial charge in [-0.3, -0.25) is 14.9 Å². The minimum Gasteiger partial charge on any atom is -0.369 e. The highest BCUT2D eigenvalue weighted by atomic mass is 19.4. The summed E-state index contributed by atoms with van der Waals surface area (Å²) in [5, 5.41) is 13.7. The van der Waals surface area contributed by atoms with Crippen LogP contribution in [0.3, 0.4) is 0 Å². The van der Waals surface area contributed by atoms with Crippen LogP contribution in [0.5, 0.6) is 0 Å². The molecule has 0 radical (unpaired) electrons. The molecule has 1 amide bonds. The first-order valence-electron chi connectivity index (χ1n) is 6.67. The molecule has 3 N–H and O–H groups in total. The lowest BCUT2D eigenvalue weighted by Crippen LogP contribution is -2.13. The van der Waals surface area contributed by atoms with Crippen LogP contribution in [-0.2, 0) is 17.4 Å². The number of hydrogen-bond donors (Lipinski definition) is 2. The molecule has 9 heteroatoms. The Morgan fingerprint density at radius 1 is 1.17 bits per heavy atom. The number of amides is 1. The van der Waals surface area contributed by atoms with Gasteiger partial charge < -0.3 is 11.1 Å². The third-order valence-corrected chi connectivity index (χ3v) is 3.13. The molecule has 2 aromatic rings. The van der Waals surface area contributed by atoms with Crippen LogP contribution in [0.1, 0.15) is 11.1 Å². The number of nitrogens with zero attached hydrogens (tertiary/aromatic N) is 1. The van der Waals surface area contributed by atoms with Crippen LogP contribution in [0.4, 0.5) is 30.2 Å². The van der Waals surface area contributed by atoms with E-state index in [1.54, 1.807) is 24.3 Å². The summed E-state index contributed by atoms with van der Waals surface area (Å²) < 4.78 is 38.0. The van der Waals surface area contributed by atoms with Crippen molar-refractivity contribution in [1.82, 2.24) is 0 Å². The van der Waals surface area contributed by atoms with Gasteiger partial charge in [0.25, 0.3) is 5.69 Å². The highest BCUT2D eigenvalue weighted by Gasteiger charge is 2.33. The number of carbonyl (C=O) groups is 1. The molecule has 0 atom stereocenters. The number of halogens is 3. The molecule has 0 unspecified atom stereocenters. The number of nitro groups is 1. The monoisotopic (exact) mass is 339 g/mol. The van der Waals surface area contributed by atoms with Gasteiger partial charge in [-0.15, -0.1) is 0 Å². The minimum atomic E-state index is -4.67. The van der Waals surface area contributed by atoms with Crippen LogP contribution >= 0.6 is 0 Å². The summed E-state index contributed by atoms with van der Waals surface area (Å²) in [4.78, 5) is 20.9. The van der Waals surface area contributed by atoms with Crippen molar-refractivity contribution in [3.05, 3.63) is 63.7 Å². The number of hydrogen-bond acceptors (Lipinski definition) is 4. The van der Waals surface area contributed by atoms with Gasteiger partial charge in [0.05, 0.1) is 16.9 Å². The lowest BCUT2D eigenvalue weighted by Gasteiger charge is -2.11. The Balaban J connectivity index is 2.29. The van der Waals surface area contributed by atoms with Crippen LogP contribution in [0.15, 0.2) is 42.5 Å². The number of carbonyl (C=O) groups excluding carboxylic acids is 1. The molecule has 126 valence electrons. The zero-order chi connectivity index (χ0) is 17.9. The van der Waals surface area contributed by atoms with Crippen molar-refractivity contribution >= 4 is 23.0 Å². The molecule has 0 aliphatic rings. The predicted octanol–water partition coefficient (Wildman–Crippen LogP) is 3.39. The van der Waals surface area contributed by atoms with Gasteiger partial charge in [0, 0.05) is 11.8 Å². The van der Waals surface area contributed by atoms with E-state index in [4.69, 9.17) is 5.73 Å². The molecule has 24 heavy (non-hydrogen) atoms. The van der Waals surface area contributed by atoms with Crippen LogP contribution in [0, 0.1) is 10.1 Å². The van der Waals surface area contributed by atoms with E-state index in [-0.39, 0.29) is 12.1 Å². The maximum Gasteiger partial charge on any atom is 0.416 e. The average molecular weight is 339 g/mol. The Labute approximate surface area is 134 Å². The maximum absolute atomic E-state index is 12.7. The Bertz CT molecular complexity index is 774. The van der Waals surface area contributed by atoms with E-state index in [0.717, 1.165) is 12.1 Å². The van der Waals surface area contributed by atoms with E-state index in [1.165, 1.54) is 0 Å². The zero-order valence-corrected chi connectivity index (χ0v) is 12.1. The van der Waals surface area contributed by atoms with Crippen molar-refractivity contribution < 1.29 is 22.9 Å². The molecule has 0 spiro atoms. The third kappa shape index (κ3) is 4.22. The van der Waals surface area contributed by atoms with Gasteiger partial charge in [-0.1, -0.05) is 12.1 Å². The number of nitrogens with two attached hydrogens (primary N) is 1. The van der Waals surface area contributed by atoms with E-state index in [1.807, 2.05) is 0 Å². The molecule has 0 saturated heterocycles. The maximum atomic E-state index is 12.7. The van der Waals surface area contributed by atoms with Crippen molar-refractivity contribution in [1.29, 1.82) is 0 Å². The van der Waals surface area contributed by atoms with Crippen LogP contribution in [0.2, 0.25) is 0 Å². The number of rotatable bonds is 5. The summed E-state index contributed by atoms with van der Waals surface area (Å²) in [6.45, 7) is 0. The topological polar surface area (TPSA) is 98.3 Å². The van der Waals surface area contributed by atoms with Gasteiger partial charge in [-0.2, -0.15) is 13.2 Å². The number of nitrogens with one attached hydrogen (secondary N) is 1. The number of alkyl halides is 3. The lowest BCUT2D eigenvalue weighted by atomic mass is 10.1. The van der Waals surface area contributed by atoms with Crippen molar-refractivity contribution in [3.63, 3.8) is 0 Å². The molecule has 0 heterocycles. The first-order chi connectivity index (χ1) is 11.2. The van der Waals surface area contributed by atoms with Crippen molar-refractivity contribution in [2.45, 2.75) is 12.6 Å². The summed E-state index contributed by atoms with van der Waals surface area (Å²) in [7, 11) is 0. The molecule has 0 bridgehead atoms. The van der Waals surface area contributed by atoms with Gasteiger partial charge in [-0.25, -0.2) is 0 Å². The highest BCUT2D eigenvalue weighted by molar-refractivity contribution is 5.77. The SMILES string of the molecule is NC(=O)Cc1ccc(Nc2ccc(C(F)(F)F)cc2[N+](=O)[O-])cc1. The lowest BCUT2D eigenvalue weighted by molar-refractivity contribution is -0.384. The van der Waals surface area contributed by atoms with E-state index < -0.39 is 28.3 Å². The fraction of sp³-hybridized carbons (Fsp3) is 0.133. The molecule has 0 aliphatic carbocycles. The summed E-state index contributed by atoms with van der Waals surface area (Å²) >= 11 is 0. The quantitative estimate of drug-likeness (QED) is 0.644. The smallest absolute Gasteiger partial charge is 0.369 e. The van der Waals surface area contributed by atoms with Crippen molar-refractivity contribution in [3.8, 4) is 0 Å². The van der Waals surface area contributed by atoms with Crippen LogP contribution in [-0.4, -0.2) is 10.8 Å². The Kier molecular flexibility index (Phi) is 4.72. The third-order valence-electron chi connectivity index (χ3n) is 3.13. The summed E-state index contributed by atoms with van der Waals surface area (Å²) in [5.74, 6) is -0.505. The van der Waals surface area contributed by atoms with Gasteiger partial charge >= 0.3 is 6.18 Å². The summed E-state index contributed by atoms with van der Waals surface area (Å²) in [5.41, 5.74) is 4.27. The molecule has 0 aliphatic heterocycles. The van der Waals surface area contributed by atoms with Crippen molar-refractivity contribution in [2.75, 3.05) is 5.32 Å². The normalized spacial score (nSPS) is 11.1. The molecular formula is C15H12F3N3O3. The Morgan fingerprint density at radius 3 is 2.29 bits per heavy atom. The molecule has 2 rings (SSSR count). The van der Waals surface area contributed by atoms with Gasteiger partial charge in [0.15, 0.2) is 0 Å². The summed E-state index contributed by atoms with van der Waals surface area (Å²) in [6, 6.07) is 8.49. The van der Waals surface area contributed by atoms with Crippen LogP contribution < -0.4 is 11.1 Å². The molecule has 0 saturated carbocycles. The standard InChI is InChI=1S/C15H12F3N3O3/c16-15(17,18)10-3-6-12(13(8-10)21(23)24)20-11-4-1-9(2-5-11)7-14(19)22/h1-6,8,20H,7H2,(H2,19,22). The number of benzene rings is 2. The largest absolute Gasteiger partial charge is 0.416 e. The van der Waals surface area contributed by atoms with E-state index in [0.29, 0.717) is 17.3 Å². The average Bonchev–Trinajstić information content (AvgIpc) is 2.47. The van der Waals surface area contributed by atoms with Gasteiger partial charge in [0.2, 0.25) is 5.91 Å².